The predicted molar refractivity (Wildman–Crippen MR) is 92.6 cm³/mol. The van der Waals surface area contributed by atoms with E-state index in [2.05, 4.69) is 19.9 Å². The van der Waals surface area contributed by atoms with Crippen LogP contribution >= 0.6 is 0 Å². The van der Waals surface area contributed by atoms with Gasteiger partial charge < -0.3 is 9.88 Å². The van der Waals surface area contributed by atoms with Gasteiger partial charge in [-0.3, -0.25) is 14.0 Å². The normalized spacial score (nSPS) is 16.6. The van der Waals surface area contributed by atoms with Crippen molar-refractivity contribution in [3.63, 3.8) is 0 Å². The van der Waals surface area contributed by atoms with Crippen molar-refractivity contribution in [3.05, 3.63) is 64.2 Å². The molecule has 7 heteroatoms. The third kappa shape index (κ3) is 2.82. The summed E-state index contributed by atoms with van der Waals surface area (Å²) in [7, 11) is 0. The molecule has 1 atom stereocenters. The molecule has 1 amide bonds. The average Bonchev–Trinajstić information content (AvgIpc) is 3.08. The fraction of sp³-hybridized carbons (Fsp3) is 0.333. The van der Waals surface area contributed by atoms with Gasteiger partial charge in [0.15, 0.2) is 0 Å². The number of fused-ring (bicyclic) bond motifs is 2. The van der Waals surface area contributed by atoms with Gasteiger partial charge in [-0.2, -0.15) is 0 Å². The molecule has 0 bridgehead atoms. The fourth-order valence-corrected chi connectivity index (χ4v) is 3.34. The van der Waals surface area contributed by atoms with E-state index < -0.39 is 0 Å². The van der Waals surface area contributed by atoms with E-state index in [1.165, 1.54) is 10.6 Å². The van der Waals surface area contributed by atoms with Crippen LogP contribution in [-0.2, 0) is 13.0 Å². The van der Waals surface area contributed by atoms with Crippen molar-refractivity contribution in [3.8, 4) is 0 Å². The summed E-state index contributed by atoms with van der Waals surface area (Å²) in [5.74, 6) is 1.06. The quantitative estimate of drug-likeness (QED) is 0.778. The molecule has 1 aliphatic heterocycles. The van der Waals surface area contributed by atoms with Crippen molar-refractivity contribution in [2.45, 2.75) is 26.3 Å². The van der Waals surface area contributed by atoms with Crippen LogP contribution in [0, 0.1) is 12.8 Å². The third-order valence-corrected chi connectivity index (χ3v) is 4.76. The number of aryl methyl sites for hydroxylation is 2. The number of aromatic nitrogens is 4. The van der Waals surface area contributed by atoms with Crippen LogP contribution in [-0.4, -0.2) is 31.4 Å². The lowest BCUT2D eigenvalue weighted by molar-refractivity contribution is 0.0941. The zero-order chi connectivity index (χ0) is 17.4. The molecule has 0 aliphatic carbocycles. The molecule has 3 aromatic heterocycles. The number of amides is 1. The highest BCUT2D eigenvalue weighted by molar-refractivity contribution is 5.93. The Morgan fingerprint density at radius 1 is 1.36 bits per heavy atom. The number of carbonyl (C=O) groups excluding carboxylic acids is 1. The summed E-state index contributed by atoms with van der Waals surface area (Å²) in [6.45, 7) is 3.26. The van der Waals surface area contributed by atoms with E-state index in [0.29, 0.717) is 18.1 Å². The first-order valence-electron chi connectivity index (χ1n) is 8.38. The van der Waals surface area contributed by atoms with Crippen molar-refractivity contribution in [2.75, 3.05) is 6.54 Å². The molecule has 0 saturated carbocycles. The lowest BCUT2D eigenvalue weighted by atomic mass is 9.99. The van der Waals surface area contributed by atoms with Crippen molar-refractivity contribution in [1.29, 1.82) is 0 Å². The van der Waals surface area contributed by atoms with E-state index in [1.54, 1.807) is 18.5 Å². The van der Waals surface area contributed by atoms with E-state index in [0.717, 1.165) is 30.8 Å². The number of carbonyl (C=O) groups is 1. The molecular weight excluding hydrogens is 318 g/mol. The molecule has 0 radical (unpaired) electrons. The molecule has 128 valence electrons. The molecule has 7 nitrogen and oxygen atoms in total. The lowest BCUT2D eigenvalue weighted by Gasteiger charge is -2.23. The smallest absolute Gasteiger partial charge is 0.270 e. The maximum absolute atomic E-state index is 12.6. The van der Waals surface area contributed by atoms with Crippen LogP contribution in [0.1, 0.15) is 28.2 Å². The third-order valence-electron chi connectivity index (χ3n) is 4.76. The molecule has 0 spiro atoms. The van der Waals surface area contributed by atoms with Gasteiger partial charge >= 0.3 is 0 Å². The van der Waals surface area contributed by atoms with Gasteiger partial charge in [-0.25, -0.2) is 9.97 Å². The van der Waals surface area contributed by atoms with Crippen LogP contribution in [0.5, 0.6) is 0 Å². The summed E-state index contributed by atoms with van der Waals surface area (Å²) in [5, 5.41) is 2.89. The highest BCUT2D eigenvalue weighted by atomic mass is 16.2. The SMILES string of the molecule is Cc1cccn2c(=O)c(C(=O)NCC3CCc4nccn4C3)cnc12. The summed E-state index contributed by atoms with van der Waals surface area (Å²) in [6, 6.07) is 3.66. The first kappa shape index (κ1) is 15.6. The Morgan fingerprint density at radius 2 is 2.24 bits per heavy atom. The second-order valence-electron chi connectivity index (χ2n) is 6.47. The molecule has 4 rings (SSSR count). The summed E-state index contributed by atoms with van der Waals surface area (Å²) in [4.78, 5) is 33.6. The number of hydrogen-bond donors (Lipinski definition) is 1. The minimum Gasteiger partial charge on any atom is -0.351 e. The van der Waals surface area contributed by atoms with Gasteiger partial charge in [0.2, 0.25) is 0 Å². The topological polar surface area (TPSA) is 81.3 Å². The van der Waals surface area contributed by atoms with Crippen LogP contribution in [0.4, 0.5) is 0 Å². The number of hydrogen-bond acceptors (Lipinski definition) is 4. The van der Waals surface area contributed by atoms with E-state index >= 15 is 0 Å². The van der Waals surface area contributed by atoms with Crippen molar-refractivity contribution in [1.82, 2.24) is 24.3 Å². The summed E-state index contributed by atoms with van der Waals surface area (Å²) in [6.07, 6.45) is 8.66. The van der Waals surface area contributed by atoms with E-state index in [4.69, 9.17) is 0 Å². The fourth-order valence-electron chi connectivity index (χ4n) is 3.34. The van der Waals surface area contributed by atoms with Crippen LogP contribution in [0.3, 0.4) is 0 Å². The lowest BCUT2D eigenvalue weighted by Crippen LogP contribution is -2.36. The Balaban J connectivity index is 1.49. The Morgan fingerprint density at radius 3 is 3.12 bits per heavy atom. The maximum atomic E-state index is 12.6. The van der Waals surface area contributed by atoms with E-state index in [1.807, 2.05) is 19.2 Å². The monoisotopic (exact) mass is 337 g/mol. The van der Waals surface area contributed by atoms with Gasteiger partial charge in [-0.15, -0.1) is 0 Å². The minimum atomic E-state index is -0.371. The van der Waals surface area contributed by atoms with Crippen LogP contribution < -0.4 is 10.9 Å². The molecule has 1 unspecified atom stereocenters. The highest BCUT2D eigenvalue weighted by Gasteiger charge is 2.20. The largest absolute Gasteiger partial charge is 0.351 e. The molecule has 1 N–H and O–H groups in total. The Kier molecular flexibility index (Phi) is 3.83. The summed E-state index contributed by atoms with van der Waals surface area (Å²) < 4.78 is 3.54. The first-order chi connectivity index (χ1) is 12.1. The maximum Gasteiger partial charge on any atom is 0.270 e. The molecular formula is C18H19N5O2. The number of nitrogens with zero attached hydrogens (tertiary/aromatic N) is 4. The summed E-state index contributed by atoms with van der Waals surface area (Å²) in [5.41, 5.74) is 1.20. The van der Waals surface area contributed by atoms with Gasteiger partial charge in [0.25, 0.3) is 11.5 Å². The molecule has 25 heavy (non-hydrogen) atoms. The number of nitrogens with one attached hydrogen (secondary N) is 1. The molecule has 0 fully saturated rings. The predicted octanol–water partition coefficient (Wildman–Crippen LogP) is 1.19. The van der Waals surface area contributed by atoms with E-state index in [-0.39, 0.29) is 17.0 Å². The molecule has 4 heterocycles. The Labute approximate surface area is 144 Å². The Hall–Kier alpha value is -2.96. The van der Waals surface area contributed by atoms with Gasteiger partial charge in [0, 0.05) is 44.3 Å². The second-order valence-corrected chi connectivity index (χ2v) is 6.47. The first-order valence-corrected chi connectivity index (χ1v) is 8.38. The zero-order valence-electron chi connectivity index (χ0n) is 14.0. The molecule has 1 aliphatic rings. The van der Waals surface area contributed by atoms with Gasteiger partial charge in [0.05, 0.1) is 0 Å². The second kappa shape index (κ2) is 6.16. The van der Waals surface area contributed by atoms with Gasteiger partial charge in [-0.05, 0) is 30.9 Å². The molecule has 0 saturated heterocycles. The van der Waals surface area contributed by atoms with Crippen LogP contribution in [0.25, 0.3) is 5.65 Å². The number of pyridine rings is 1. The summed E-state index contributed by atoms with van der Waals surface area (Å²) >= 11 is 0. The average molecular weight is 337 g/mol. The Bertz CT molecular complexity index is 1000. The zero-order valence-corrected chi connectivity index (χ0v) is 14.0. The van der Waals surface area contributed by atoms with Crippen molar-refractivity contribution >= 4 is 11.6 Å². The minimum absolute atomic E-state index is 0.0715. The van der Waals surface area contributed by atoms with Crippen LogP contribution in [0.15, 0.2) is 41.7 Å². The highest BCUT2D eigenvalue weighted by Crippen LogP contribution is 2.18. The van der Waals surface area contributed by atoms with Crippen molar-refractivity contribution < 1.29 is 4.79 Å². The molecule has 0 aromatic carbocycles. The number of rotatable bonds is 3. The van der Waals surface area contributed by atoms with Crippen LogP contribution in [0.2, 0.25) is 0 Å². The van der Waals surface area contributed by atoms with Crippen molar-refractivity contribution in [2.24, 2.45) is 5.92 Å². The molecule has 3 aromatic rings. The van der Waals surface area contributed by atoms with Gasteiger partial charge in [-0.1, -0.05) is 6.07 Å². The standard InChI is InChI=1S/C18H19N5O2/c1-12-3-2-7-23-16(12)20-10-14(18(23)25)17(24)21-9-13-4-5-15-19-6-8-22(15)11-13/h2-3,6-8,10,13H,4-5,9,11H2,1H3,(H,21,24). The van der Waals surface area contributed by atoms with Gasteiger partial charge in [0.1, 0.15) is 17.0 Å². The van der Waals surface area contributed by atoms with E-state index in [9.17, 15) is 9.59 Å². The number of imidazole rings is 1.